The Morgan fingerprint density at radius 3 is 2.74 bits per heavy atom. The summed E-state index contributed by atoms with van der Waals surface area (Å²) in [5.74, 6) is -0.664. The largest absolute Gasteiger partial charge is 0.481 e. The van der Waals surface area contributed by atoms with Gasteiger partial charge >= 0.3 is 5.97 Å². The van der Waals surface area contributed by atoms with Gasteiger partial charge in [0.1, 0.15) is 0 Å². The van der Waals surface area contributed by atoms with Crippen LogP contribution >= 0.6 is 0 Å². The summed E-state index contributed by atoms with van der Waals surface area (Å²) in [6.45, 7) is 5.72. The minimum Gasteiger partial charge on any atom is -0.481 e. The lowest BCUT2D eigenvalue weighted by molar-refractivity contribution is -0.150. The molecular formula is C16H19NO2. The summed E-state index contributed by atoms with van der Waals surface area (Å²) < 4.78 is 0. The highest BCUT2D eigenvalue weighted by atomic mass is 16.4. The van der Waals surface area contributed by atoms with Crippen LogP contribution in [0.2, 0.25) is 0 Å². The van der Waals surface area contributed by atoms with Gasteiger partial charge in [-0.3, -0.25) is 9.78 Å². The van der Waals surface area contributed by atoms with Crippen LogP contribution in [0.4, 0.5) is 0 Å². The minimum absolute atomic E-state index is 0.0783. The molecular weight excluding hydrogens is 238 g/mol. The molecule has 3 nitrogen and oxygen atoms in total. The summed E-state index contributed by atoms with van der Waals surface area (Å²) in [6, 6.07) is 9.85. The van der Waals surface area contributed by atoms with Crippen molar-refractivity contribution >= 4 is 16.9 Å². The summed E-state index contributed by atoms with van der Waals surface area (Å²) in [6.07, 6.45) is 2.29. The first-order chi connectivity index (χ1) is 8.93. The van der Waals surface area contributed by atoms with Gasteiger partial charge in [-0.25, -0.2) is 0 Å². The third-order valence-corrected chi connectivity index (χ3v) is 4.00. The van der Waals surface area contributed by atoms with Gasteiger partial charge < -0.3 is 5.11 Å². The Hall–Kier alpha value is -1.90. The zero-order valence-electron chi connectivity index (χ0n) is 11.6. The van der Waals surface area contributed by atoms with E-state index in [0.29, 0.717) is 6.42 Å². The third-order valence-electron chi connectivity index (χ3n) is 4.00. The van der Waals surface area contributed by atoms with Gasteiger partial charge in [-0.1, -0.05) is 26.0 Å². The van der Waals surface area contributed by atoms with Crippen molar-refractivity contribution in [2.45, 2.75) is 27.2 Å². The Morgan fingerprint density at radius 2 is 2.11 bits per heavy atom. The summed E-state index contributed by atoms with van der Waals surface area (Å²) in [7, 11) is 0. The molecule has 1 heterocycles. The Labute approximate surface area is 113 Å². The van der Waals surface area contributed by atoms with Gasteiger partial charge in [-0.05, 0) is 43.0 Å². The van der Waals surface area contributed by atoms with Crippen molar-refractivity contribution in [2.24, 2.45) is 11.3 Å². The number of fused-ring (bicyclic) bond motifs is 1. The normalized spacial score (nSPS) is 14.5. The summed E-state index contributed by atoms with van der Waals surface area (Å²) in [5.41, 5.74) is 1.24. The maximum Gasteiger partial charge on any atom is 0.309 e. The van der Waals surface area contributed by atoms with E-state index in [4.69, 9.17) is 0 Å². The first-order valence-electron chi connectivity index (χ1n) is 6.50. The number of rotatable bonds is 4. The van der Waals surface area contributed by atoms with E-state index in [2.05, 4.69) is 4.98 Å². The molecule has 1 unspecified atom stereocenters. The van der Waals surface area contributed by atoms with E-state index in [-0.39, 0.29) is 5.92 Å². The molecule has 100 valence electrons. The molecule has 0 saturated heterocycles. The molecule has 1 N–H and O–H groups in total. The molecule has 0 bridgehead atoms. The van der Waals surface area contributed by atoms with Gasteiger partial charge in [0.25, 0.3) is 0 Å². The van der Waals surface area contributed by atoms with E-state index in [1.807, 2.05) is 51.1 Å². The van der Waals surface area contributed by atoms with Crippen LogP contribution in [0.3, 0.4) is 0 Å². The Kier molecular flexibility index (Phi) is 3.56. The van der Waals surface area contributed by atoms with Crippen molar-refractivity contribution in [3.63, 3.8) is 0 Å². The van der Waals surface area contributed by atoms with Gasteiger partial charge in [-0.2, -0.15) is 0 Å². The van der Waals surface area contributed by atoms with E-state index in [1.54, 1.807) is 6.20 Å². The van der Waals surface area contributed by atoms with E-state index in [0.717, 1.165) is 16.5 Å². The molecule has 1 aromatic carbocycles. The van der Waals surface area contributed by atoms with Gasteiger partial charge in [0.05, 0.1) is 10.9 Å². The lowest BCUT2D eigenvalue weighted by Gasteiger charge is -2.29. The Morgan fingerprint density at radius 1 is 1.37 bits per heavy atom. The first-order valence-corrected chi connectivity index (χ1v) is 6.50. The molecule has 3 heteroatoms. The summed E-state index contributed by atoms with van der Waals surface area (Å²) in [4.78, 5) is 15.8. The predicted octanol–water partition coefficient (Wildman–Crippen LogP) is 3.52. The minimum atomic E-state index is -0.742. The molecule has 2 rings (SSSR count). The van der Waals surface area contributed by atoms with Crippen LogP contribution < -0.4 is 0 Å². The predicted molar refractivity (Wildman–Crippen MR) is 76.0 cm³/mol. The van der Waals surface area contributed by atoms with Crippen molar-refractivity contribution in [3.8, 4) is 0 Å². The maximum absolute atomic E-state index is 11.5. The highest BCUT2D eigenvalue weighted by Crippen LogP contribution is 2.32. The van der Waals surface area contributed by atoms with Crippen molar-refractivity contribution < 1.29 is 9.90 Å². The average molecular weight is 257 g/mol. The third kappa shape index (κ3) is 2.60. The fourth-order valence-corrected chi connectivity index (χ4v) is 2.19. The molecule has 0 aliphatic carbocycles. The maximum atomic E-state index is 11.5. The van der Waals surface area contributed by atoms with E-state index in [1.165, 1.54) is 0 Å². The number of hydrogen-bond donors (Lipinski definition) is 1. The molecule has 0 fully saturated rings. The van der Waals surface area contributed by atoms with E-state index >= 15 is 0 Å². The van der Waals surface area contributed by atoms with E-state index < -0.39 is 11.4 Å². The standard InChI is InChI=1S/C16H19NO2/c1-11(2)16(3,15(18)19)10-12-6-7-14-13(9-12)5-4-8-17-14/h4-9,11H,10H2,1-3H3,(H,18,19). The molecule has 0 aliphatic rings. The first kappa shape index (κ1) is 13.5. The average Bonchev–Trinajstić information content (AvgIpc) is 2.38. The zero-order valence-corrected chi connectivity index (χ0v) is 11.6. The monoisotopic (exact) mass is 257 g/mol. The quantitative estimate of drug-likeness (QED) is 0.911. The Bertz CT molecular complexity index is 606. The molecule has 0 radical (unpaired) electrons. The van der Waals surface area contributed by atoms with Crippen LogP contribution in [-0.4, -0.2) is 16.1 Å². The van der Waals surface area contributed by atoms with Gasteiger partial charge in [-0.15, -0.1) is 0 Å². The lowest BCUT2D eigenvalue weighted by atomic mass is 9.74. The summed E-state index contributed by atoms with van der Waals surface area (Å²) in [5, 5.41) is 10.5. The second kappa shape index (κ2) is 5.00. The molecule has 1 atom stereocenters. The molecule has 2 aromatic rings. The van der Waals surface area contributed by atoms with Crippen molar-refractivity contribution in [3.05, 3.63) is 42.1 Å². The fraction of sp³-hybridized carbons (Fsp3) is 0.375. The number of benzene rings is 1. The second-order valence-corrected chi connectivity index (χ2v) is 5.58. The van der Waals surface area contributed by atoms with E-state index in [9.17, 15) is 9.90 Å². The van der Waals surface area contributed by atoms with Crippen LogP contribution in [0.1, 0.15) is 26.3 Å². The van der Waals surface area contributed by atoms with Crippen LogP contribution in [0.5, 0.6) is 0 Å². The number of aliphatic carboxylic acids is 1. The van der Waals surface area contributed by atoms with Crippen molar-refractivity contribution in [1.29, 1.82) is 0 Å². The number of carbonyl (C=O) groups is 1. The van der Waals surface area contributed by atoms with Crippen molar-refractivity contribution in [2.75, 3.05) is 0 Å². The fourth-order valence-electron chi connectivity index (χ4n) is 2.19. The highest BCUT2D eigenvalue weighted by molar-refractivity contribution is 5.79. The zero-order chi connectivity index (χ0) is 14.0. The smallest absolute Gasteiger partial charge is 0.309 e. The topological polar surface area (TPSA) is 50.2 Å². The number of aromatic nitrogens is 1. The van der Waals surface area contributed by atoms with Gasteiger partial charge in [0.15, 0.2) is 0 Å². The van der Waals surface area contributed by atoms with Gasteiger partial charge in [0.2, 0.25) is 0 Å². The molecule has 0 spiro atoms. The number of nitrogens with zero attached hydrogens (tertiary/aromatic N) is 1. The van der Waals surface area contributed by atoms with Crippen molar-refractivity contribution in [1.82, 2.24) is 4.98 Å². The molecule has 0 aliphatic heterocycles. The van der Waals surface area contributed by atoms with Gasteiger partial charge in [0, 0.05) is 11.6 Å². The molecule has 0 saturated carbocycles. The SMILES string of the molecule is CC(C)C(C)(Cc1ccc2ncccc2c1)C(=O)O. The molecule has 0 amide bonds. The number of pyridine rings is 1. The molecule has 19 heavy (non-hydrogen) atoms. The molecule has 1 aromatic heterocycles. The lowest BCUT2D eigenvalue weighted by Crippen LogP contribution is -2.35. The second-order valence-electron chi connectivity index (χ2n) is 5.58. The Balaban J connectivity index is 2.37. The van der Waals surface area contributed by atoms with Crippen LogP contribution in [-0.2, 0) is 11.2 Å². The highest BCUT2D eigenvalue weighted by Gasteiger charge is 2.36. The van der Waals surface area contributed by atoms with Crippen LogP contribution in [0, 0.1) is 11.3 Å². The number of carboxylic acid groups (broad SMARTS) is 1. The summed E-state index contributed by atoms with van der Waals surface area (Å²) >= 11 is 0. The van der Waals surface area contributed by atoms with Crippen LogP contribution in [0.15, 0.2) is 36.5 Å². The number of hydrogen-bond acceptors (Lipinski definition) is 2. The number of carboxylic acids is 1. The van der Waals surface area contributed by atoms with Crippen LogP contribution in [0.25, 0.3) is 10.9 Å².